The Kier molecular flexibility index (Phi) is 1.06. The molecule has 0 amide bonds. The van der Waals surface area contributed by atoms with Gasteiger partial charge in [-0.25, -0.2) is 4.79 Å². The number of fused-ring (bicyclic) bond motifs is 1. The molecule has 0 saturated carbocycles. The minimum atomic E-state index is -1.03. The molecule has 0 spiro atoms. The van der Waals surface area contributed by atoms with Gasteiger partial charge in [-0.15, -0.1) is 11.3 Å². The summed E-state index contributed by atoms with van der Waals surface area (Å²) in [6, 6.07) is 1.69. The third-order valence-electron chi connectivity index (χ3n) is 1.37. The van der Waals surface area contributed by atoms with Gasteiger partial charge in [-0.1, -0.05) is 0 Å². The maximum atomic E-state index is 10.8. The van der Waals surface area contributed by atoms with E-state index < -0.39 is 12.3 Å². The van der Waals surface area contributed by atoms with Crippen LogP contribution in [0, 0.1) is 0 Å². The quantitative estimate of drug-likeness (QED) is 0.568. The molecule has 0 aromatic carbocycles. The zero-order valence-electron chi connectivity index (χ0n) is 4.90. The standard InChI is InChI=1S/C6H4O3S/c7-5-3-1-2-10-4(3)6(8)9-5/h1-2,5,7H. The number of rotatable bonds is 0. The van der Waals surface area contributed by atoms with Crippen LogP contribution in [-0.4, -0.2) is 11.1 Å². The zero-order valence-corrected chi connectivity index (χ0v) is 5.72. The summed E-state index contributed by atoms with van der Waals surface area (Å²) in [5.41, 5.74) is 0.593. The molecular weight excluding hydrogens is 152 g/mol. The minimum absolute atomic E-state index is 0.419. The molecule has 1 aliphatic heterocycles. The van der Waals surface area contributed by atoms with Crippen molar-refractivity contribution < 1.29 is 14.6 Å². The Morgan fingerprint density at radius 2 is 2.50 bits per heavy atom. The average molecular weight is 156 g/mol. The maximum absolute atomic E-state index is 10.8. The first-order valence-corrected chi connectivity index (χ1v) is 3.63. The summed E-state index contributed by atoms with van der Waals surface area (Å²) < 4.78 is 4.50. The Morgan fingerprint density at radius 1 is 1.70 bits per heavy atom. The summed E-state index contributed by atoms with van der Waals surface area (Å²) in [6.07, 6.45) is -1.03. The second-order valence-electron chi connectivity index (χ2n) is 1.96. The monoisotopic (exact) mass is 156 g/mol. The fourth-order valence-electron chi connectivity index (χ4n) is 0.898. The third kappa shape index (κ3) is 0.600. The summed E-state index contributed by atoms with van der Waals surface area (Å²) in [5.74, 6) is -0.419. The lowest BCUT2D eigenvalue weighted by molar-refractivity contribution is -0.0547. The molecule has 1 aliphatic rings. The number of carbonyl (C=O) groups excluding carboxylic acids is 1. The fourth-order valence-corrected chi connectivity index (χ4v) is 1.70. The molecule has 10 heavy (non-hydrogen) atoms. The van der Waals surface area contributed by atoms with E-state index in [1.165, 1.54) is 11.3 Å². The first-order valence-electron chi connectivity index (χ1n) is 2.75. The number of hydrogen-bond acceptors (Lipinski definition) is 4. The Labute approximate surface area is 60.9 Å². The Bertz CT molecular complexity index is 278. The van der Waals surface area contributed by atoms with E-state index >= 15 is 0 Å². The highest BCUT2D eigenvalue weighted by Gasteiger charge is 2.30. The van der Waals surface area contributed by atoms with Crippen molar-refractivity contribution in [1.82, 2.24) is 0 Å². The molecule has 2 heterocycles. The Hall–Kier alpha value is -0.870. The fraction of sp³-hybridized carbons (Fsp3) is 0.167. The van der Waals surface area contributed by atoms with Gasteiger partial charge in [-0.3, -0.25) is 0 Å². The molecule has 3 nitrogen and oxygen atoms in total. The predicted molar refractivity (Wildman–Crippen MR) is 34.7 cm³/mol. The number of carbonyl (C=O) groups is 1. The van der Waals surface area contributed by atoms with E-state index in [9.17, 15) is 4.79 Å². The van der Waals surface area contributed by atoms with Crippen LogP contribution in [0.15, 0.2) is 11.4 Å². The molecule has 52 valence electrons. The van der Waals surface area contributed by atoms with E-state index in [0.717, 1.165) is 0 Å². The maximum Gasteiger partial charge on any atom is 0.351 e. The lowest BCUT2D eigenvalue weighted by Gasteiger charge is -1.97. The second-order valence-corrected chi connectivity index (χ2v) is 2.88. The average Bonchev–Trinajstić information content (AvgIpc) is 2.39. The van der Waals surface area contributed by atoms with Gasteiger partial charge in [0.1, 0.15) is 4.88 Å². The number of hydrogen-bond donors (Lipinski definition) is 1. The number of cyclic esters (lactones) is 1. The number of ether oxygens (including phenoxy) is 1. The molecule has 0 radical (unpaired) electrons. The Balaban J connectivity index is 2.58. The van der Waals surface area contributed by atoms with Gasteiger partial charge < -0.3 is 9.84 Å². The lowest BCUT2D eigenvalue weighted by Crippen LogP contribution is -1.96. The molecule has 1 unspecified atom stereocenters. The molecule has 0 fully saturated rings. The van der Waals surface area contributed by atoms with Gasteiger partial charge in [-0.05, 0) is 11.4 Å². The number of thiophene rings is 1. The molecule has 1 aromatic heterocycles. The molecule has 0 saturated heterocycles. The number of aliphatic hydroxyl groups excluding tert-OH is 1. The van der Waals surface area contributed by atoms with Crippen molar-refractivity contribution in [2.45, 2.75) is 6.29 Å². The van der Waals surface area contributed by atoms with Gasteiger partial charge in [-0.2, -0.15) is 0 Å². The normalized spacial score (nSPS) is 22.5. The van der Waals surface area contributed by atoms with Crippen molar-refractivity contribution in [2.24, 2.45) is 0 Å². The molecule has 4 heteroatoms. The topological polar surface area (TPSA) is 46.5 Å². The van der Waals surface area contributed by atoms with Crippen molar-refractivity contribution in [1.29, 1.82) is 0 Å². The van der Waals surface area contributed by atoms with Crippen LogP contribution in [0.5, 0.6) is 0 Å². The van der Waals surface area contributed by atoms with E-state index in [1.807, 2.05) is 0 Å². The van der Waals surface area contributed by atoms with E-state index in [0.29, 0.717) is 10.4 Å². The summed E-state index contributed by atoms with van der Waals surface area (Å²) in [6.45, 7) is 0. The lowest BCUT2D eigenvalue weighted by atomic mass is 10.3. The smallest absolute Gasteiger partial charge is 0.351 e. The summed E-state index contributed by atoms with van der Waals surface area (Å²) in [7, 11) is 0. The van der Waals surface area contributed by atoms with Crippen LogP contribution in [0.2, 0.25) is 0 Å². The zero-order chi connectivity index (χ0) is 7.14. The third-order valence-corrected chi connectivity index (χ3v) is 2.28. The Morgan fingerprint density at radius 3 is 3.20 bits per heavy atom. The van der Waals surface area contributed by atoms with E-state index in [4.69, 9.17) is 5.11 Å². The molecule has 0 aliphatic carbocycles. The summed E-state index contributed by atoms with van der Waals surface area (Å²) >= 11 is 1.29. The molecule has 0 bridgehead atoms. The predicted octanol–water partition coefficient (Wildman–Crippen LogP) is 0.909. The van der Waals surface area contributed by atoms with Crippen LogP contribution in [-0.2, 0) is 4.74 Å². The van der Waals surface area contributed by atoms with E-state index in [-0.39, 0.29) is 0 Å². The van der Waals surface area contributed by atoms with Gasteiger partial charge in [0.2, 0.25) is 6.29 Å². The summed E-state index contributed by atoms with van der Waals surface area (Å²) in [5, 5.41) is 10.8. The van der Waals surface area contributed by atoms with Crippen molar-refractivity contribution in [3.8, 4) is 0 Å². The highest BCUT2D eigenvalue weighted by Crippen LogP contribution is 2.31. The molecule has 2 rings (SSSR count). The summed E-state index contributed by atoms with van der Waals surface area (Å²) in [4.78, 5) is 11.3. The number of aliphatic hydroxyl groups is 1. The van der Waals surface area contributed by atoms with Crippen LogP contribution in [0.3, 0.4) is 0 Å². The van der Waals surface area contributed by atoms with Crippen molar-refractivity contribution in [3.05, 3.63) is 21.9 Å². The first kappa shape index (κ1) is 5.88. The van der Waals surface area contributed by atoms with Gasteiger partial charge in [0.05, 0.1) is 0 Å². The highest BCUT2D eigenvalue weighted by atomic mass is 32.1. The first-order chi connectivity index (χ1) is 4.79. The van der Waals surface area contributed by atoms with Crippen molar-refractivity contribution >= 4 is 17.3 Å². The molecule has 1 atom stereocenters. The van der Waals surface area contributed by atoms with Gasteiger partial charge in [0, 0.05) is 5.56 Å². The minimum Gasteiger partial charge on any atom is -0.427 e. The van der Waals surface area contributed by atoms with Crippen LogP contribution in [0.25, 0.3) is 0 Å². The van der Waals surface area contributed by atoms with Crippen LogP contribution < -0.4 is 0 Å². The van der Waals surface area contributed by atoms with Crippen LogP contribution >= 0.6 is 11.3 Å². The van der Waals surface area contributed by atoms with Gasteiger partial charge >= 0.3 is 5.97 Å². The van der Waals surface area contributed by atoms with Crippen molar-refractivity contribution in [2.75, 3.05) is 0 Å². The van der Waals surface area contributed by atoms with Crippen LogP contribution in [0.1, 0.15) is 21.5 Å². The van der Waals surface area contributed by atoms with E-state index in [1.54, 1.807) is 11.4 Å². The highest BCUT2D eigenvalue weighted by molar-refractivity contribution is 7.12. The van der Waals surface area contributed by atoms with Crippen molar-refractivity contribution in [3.63, 3.8) is 0 Å². The second kappa shape index (κ2) is 1.81. The SMILES string of the molecule is O=C1OC(O)c2ccsc21. The number of esters is 1. The molecule has 1 aromatic rings. The largest absolute Gasteiger partial charge is 0.427 e. The molecule has 1 N–H and O–H groups in total. The van der Waals surface area contributed by atoms with Crippen LogP contribution in [0.4, 0.5) is 0 Å². The van der Waals surface area contributed by atoms with Gasteiger partial charge in [0.25, 0.3) is 0 Å². The van der Waals surface area contributed by atoms with Gasteiger partial charge in [0.15, 0.2) is 0 Å². The van der Waals surface area contributed by atoms with E-state index in [2.05, 4.69) is 4.74 Å². The molecular formula is C6H4O3S.